The molecule has 0 N–H and O–H groups in total. The maximum atomic E-state index is 13.1. The molecule has 0 aromatic heterocycles. The molecular weight excluding hydrogens is 227 g/mol. The predicted molar refractivity (Wildman–Crippen MR) is 64.1 cm³/mol. The number of carbonyl (C=O) groups is 1. The Labute approximate surface area is 98.3 Å². The van der Waals surface area contributed by atoms with Gasteiger partial charge in [-0.1, -0.05) is 0 Å². The van der Waals surface area contributed by atoms with Crippen LogP contribution in [0.4, 0.5) is 4.39 Å². The largest absolute Gasteiger partial charge is 0.281 e. The number of fused-ring (bicyclic) bond motifs is 1. The van der Waals surface area contributed by atoms with Crippen molar-refractivity contribution in [3.8, 4) is 0 Å². The summed E-state index contributed by atoms with van der Waals surface area (Å²) in [6, 6.07) is -0.0739. The number of hydrogen-bond acceptors (Lipinski definition) is 2. The van der Waals surface area contributed by atoms with Gasteiger partial charge in [0.1, 0.15) is 6.17 Å². The molecule has 1 unspecified atom stereocenters. The van der Waals surface area contributed by atoms with Gasteiger partial charge in [-0.2, -0.15) is 0 Å². The number of allylic oxidation sites excluding steroid dienone is 3. The molecule has 1 amide bonds. The molecule has 2 aliphatic rings. The summed E-state index contributed by atoms with van der Waals surface area (Å²) in [4.78, 5) is 17.6. The molecule has 0 aromatic rings. The molecule has 0 spiro atoms. The lowest BCUT2D eigenvalue weighted by Gasteiger charge is -2.30. The number of carbonyl (C=O) groups excluding carboxylic acids is 1. The highest BCUT2D eigenvalue weighted by atomic mass is 32.1. The SMILES string of the molecule is CC(C)N1C(=O)C2=CC(F)C=CC2=NC1=S. The van der Waals surface area contributed by atoms with Crippen molar-refractivity contribution in [1.82, 2.24) is 4.90 Å². The molecule has 0 fully saturated rings. The van der Waals surface area contributed by atoms with E-state index in [2.05, 4.69) is 4.99 Å². The van der Waals surface area contributed by atoms with Crippen LogP contribution in [-0.4, -0.2) is 33.8 Å². The van der Waals surface area contributed by atoms with Crippen molar-refractivity contribution in [3.05, 3.63) is 23.8 Å². The summed E-state index contributed by atoms with van der Waals surface area (Å²) in [7, 11) is 0. The normalized spacial score (nSPS) is 24.5. The third-order valence-corrected chi connectivity index (χ3v) is 2.72. The molecule has 0 aromatic carbocycles. The van der Waals surface area contributed by atoms with E-state index in [9.17, 15) is 9.18 Å². The van der Waals surface area contributed by atoms with Crippen LogP contribution in [0.15, 0.2) is 28.8 Å². The summed E-state index contributed by atoms with van der Waals surface area (Å²) in [5.74, 6) is -0.267. The predicted octanol–water partition coefficient (Wildman–Crippen LogP) is 1.80. The quantitative estimate of drug-likeness (QED) is 0.652. The van der Waals surface area contributed by atoms with Crippen LogP contribution in [0.2, 0.25) is 0 Å². The molecule has 5 heteroatoms. The van der Waals surface area contributed by atoms with Gasteiger partial charge in [0.25, 0.3) is 5.91 Å². The summed E-state index contributed by atoms with van der Waals surface area (Å²) < 4.78 is 13.1. The first-order valence-corrected chi connectivity index (χ1v) is 5.42. The molecule has 0 saturated heterocycles. The van der Waals surface area contributed by atoms with Gasteiger partial charge in [-0.05, 0) is 44.3 Å². The lowest BCUT2D eigenvalue weighted by atomic mass is 9.99. The number of aliphatic imine (C=N–C) groups is 1. The van der Waals surface area contributed by atoms with Crippen LogP contribution in [0.5, 0.6) is 0 Å². The standard InChI is InChI=1S/C11H11FN2OS/c1-6(2)14-10(15)8-5-7(12)3-4-9(8)13-11(14)16/h3-7H,1-2H3. The van der Waals surface area contributed by atoms with Crippen LogP contribution in [0.1, 0.15) is 13.8 Å². The number of thiocarbonyl (C=S) groups is 1. The van der Waals surface area contributed by atoms with Crippen molar-refractivity contribution < 1.29 is 9.18 Å². The Morgan fingerprint density at radius 1 is 1.56 bits per heavy atom. The van der Waals surface area contributed by atoms with E-state index in [0.29, 0.717) is 11.3 Å². The molecule has 0 bridgehead atoms. The number of halogens is 1. The number of nitrogens with zero attached hydrogens (tertiary/aromatic N) is 2. The fourth-order valence-corrected chi connectivity index (χ4v) is 2.07. The van der Waals surface area contributed by atoms with Crippen LogP contribution in [0.3, 0.4) is 0 Å². The Balaban J connectivity index is 2.47. The summed E-state index contributed by atoms with van der Waals surface area (Å²) in [6.07, 6.45) is 2.90. The van der Waals surface area contributed by atoms with Gasteiger partial charge in [0.15, 0.2) is 0 Å². The molecule has 1 atom stereocenters. The fourth-order valence-electron chi connectivity index (χ4n) is 1.68. The molecule has 0 saturated carbocycles. The number of alkyl halides is 1. The first-order chi connectivity index (χ1) is 7.50. The van der Waals surface area contributed by atoms with Gasteiger partial charge >= 0.3 is 0 Å². The fraction of sp³-hybridized carbons (Fsp3) is 0.364. The van der Waals surface area contributed by atoms with Gasteiger partial charge in [0, 0.05) is 6.04 Å². The average Bonchev–Trinajstić information content (AvgIpc) is 2.19. The number of rotatable bonds is 1. The lowest BCUT2D eigenvalue weighted by Crippen LogP contribution is -2.46. The van der Waals surface area contributed by atoms with E-state index < -0.39 is 6.17 Å². The zero-order chi connectivity index (χ0) is 11.9. The van der Waals surface area contributed by atoms with Crippen LogP contribution in [0, 0.1) is 0 Å². The molecule has 3 nitrogen and oxygen atoms in total. The van der Waals surface area contributed by atoms with E-state index in [1.165, 1.54) is 23.1 Å². The molecule has 16 heavy (non-hydrogen) atoms. The van der Waals surface area contributed by atoms with E-state index in [1.54, 1.807) is 0 Å². The topological polar surface area (TPSA) is 32.7 Å². The molecule has 2 rings (SSSR count). The smallest absolute Gasteiger partial charge is 0.262 e. The molecule has 84 valence electrons. The summed E-state index contributed by atoms with van der Waals surface area (Å²) >= 11 is 5.04. The molecular formula is C11H11FN2OS. The zero-order valence-electron chi connectivity index (χ0n) is 8.98. The number of amides is 1. The van der Waals surface area contributed by atoms with Crippen LogP contribution < -0.4 is 0 Å². The average molecular weight is 238 g/mol. The van der Waals surface area contributed by atoms with Crippen molar-refractivity contribution in [2.24, 2.45) is 4.99 Å². The molecule has 1 aliphatic carbocycles. The van der Waals surface area contributed by atoms with Gasteiger partial charge in [0.05, 0.1) is 11.3 Å². The molecule has 0 radical (unpaired) electrons. The second-order valence-corrected chi connectivity index (χ2v) is 4.30. The van der Waals surface area contributed by atoms with Crippen LogP contribution in [0.25, 0.3) is 0 Å². The number of hydrogen-bond donors (Lipinski definition) is 0. The van der Waals surface area contributed by atoms with Crippen molar-refractivity contribution in [2.75, 3.05) is 0 Å². The third-order valence-electron chi connectivity index (χ3n) is 2.43. The van der Waals surface area contributed by atoms with Crippen molar-refractivity contribution >= 4 is 28.9 Å². The second kappa shape index (κ2) is 3.90. The monoisotopic (exact) mass is 238 g/mol. The summed E-state index contributed by atoms with van der Waals surface area (Å²) in [5, 5.41) is 0.245. The Kier molecular flexibility index (Phi) is 2.71. The van der Waals surface area contributed by atoms with Crippen LogP contribution >= 0.6 is 12.2 Å². The van der Waals surface area contributed by atoms with Gasteiger partial charge in [-0.15, -0.1) is 0 Å². The first-order valence-electron chi connectivity index (χ1n) is 5.01. The maximum absolute atomic E-state index is 13.1. The zero-order valence-corrected chi connectivity index (χ0v) is 9.79. The highest BCUT2D eigenvalue weighted by molar-refractivity contribution is 7.80. The van der Waals surface area contributed by atoms with E-state index in [1.807, 2.05) is 13.8 Å². The minimum atomic E-state index is -1.22. The Morgan fingerprint density at radius 3 is 2.88 bits per heavy atom. The van der Waals surface area contributed by atoms with E-state index in [0.717, 1.165) is 0 Å². The maximum Gasteiger partial charge on any atom is 0.262 e. The Morgan fingerprint density at radius 2 is 2.25 bits per heavy atom. The van der Waals surface area contributed by atoms with Crippen LogP contribution in [-0.2, 0) is 4.79 Å². The summed E-state index contributed by atoms with van der Waals surface area (Å²) in [6.45, 7) is 3.69. The van der Waals surface area contributed by atoms with Gasteiger partial charge in [-0.25, -0.2) is 9.38 Å². The van der Waals surface area contributed by atoms with Gasteiger partial charge < -0.3 is 0 Å². The van der Waals surface area contributed by atoms with E-state index >= 15 is 0 Å². The van der Waals surface area contributed by atoms with E-state index in [4.69, 9.17) is 12.2 Å². The summed E-state index contributed by atoms with van der Waals surface area (Å²) in [5.41, 5.74) is 0.762. The van der Waals surface area contributed by atoms with Crippen molar-refractivity contribution in [3.63, 3.8) is 0 Å². The molecule has 1 aliphatic heterocycles. The first kappa shape index (κ1) is 11.1. The second-order valence-electron chi connectivity index (χ2n) is 3.93. The highest BCUT2D eigenvalue weighted by Crippen LogP contribution is 2.21. The third kappa shape index (κ3) is 1.71. The lowest BCUT2D eigenvalue weighted by molar-refractivity contribution is -0.124. The van der Waals surface area contributed by atoms with Crippen molar-refractivity contribution in [1.29, 1.82) is 0 Å². The minimum Gasteiger partial charge on any atom is -0.281 e. The van der Waals surface area contributed by atoms with E-state index in [-0.39, 0.29) is 17.1 Å². The molecule has 1 heterocycles. The van der Waals surface area contributed by atoms with Crippen molar-refractivity contribution in [2.45, 2.75) is 26.1 Å². The van der Waals surface area contributed by atoms with Gasteiger partial charge in [0.2, 0.25) is 5.11 Å². The Hall–Kier alpha value is -1.36. The minimum absolute atomic E-state index is 0.0739. The highest BCUT2D eigenvalue weighted by Gasteiger charge is 2.32. The van der Waals surface area contributed by atoms with Gasteiger partial charge in [-0.3, -0.25) is 9.69 Å². The Bertz CT molecular complexity index is 451.